The molecule has 1 atom stereocenters. The van der Waals surface area contributed by atoms with Crippen LogP contribution in [0.5, 0.6) is 5.75 Å². The number of nitro groups is 1. The summed E-state index contributed by atoms with van der Waals surface area (Å²) in [6.07, 6.45) is 1.63. The number of amides is 2. The van der Waals surface area contributed by atoms with Gasteiger partial charge in [-0.15, -0.1) is 0 Å². The molecule has 0 aliphatic carbocycles. The number of sulfonamides is 1. The van der Waals surface area contributed by atoms with E-state index in [1.165, 1.54) is 24.1 Å². The van der Waals surface area contributed by atoms with Crippen LogP contribution in [0.3, 0.4) is 0 Å². The van der Waals surface area contributed by atoms with E-state index in [1.807, 2.05) is 25.1 Å². The summed E-state index contributed by atoms with van der Waals surface area (Å²) in [6.45, 7) is 1.30. The average Bonchev–Trinajstić information content (AvgIpc) is 2.96. The Morgan fingerprint density at radius 1 is 1.07 bits per heavy atom. The topological polar surface area (TPSA) is 139 Å². The monoisotopic (exact) mass is 650 g/mol. The van der Waals surface area contributed by atoms with Gasteiger partial charge in [-0.3, -0.25) is 24.0 Å². The molecule has 1 N–H and O–H groups in total. The molecule has 0 aliphatic rings. The normalized spacial score (nSPS) is 11.8. The highest BCUT2D eigenvalue weighted by Crippen LogP contribution is 2.34. The van der Waals surface area contributed by atoms with Gasteiger partial charge in [-0.25, -0.2) is 8.42 Å². The molecule has 0 heterocycles. The zero-order chi connectivity index (χ0) is 31.7. The predicted octanol–water partition coefficient (Wildman–Crippen LogP) is 4.84. The van der Waals surface area contributed by atoms with Crippen LogP contribution >= 0.6 is 23.2 Å². The standard InChI is InChI=1S/C29H32Cl2N4O7S/c1-4-14-32-29(37)26(15-20-8-6-5-7-9-20)33(18-21-10-11-22(30)16-24(21)31)28(36)19-34(43(3,40)41)25-17-23(35(38)39)12-13-27(25)42-2/h5-13,16-17,26H,4,14-15,18-19H2,1-3H3,(H,32,37)/t26-/m0/s1. The summed E-state index contributed by atoms with van der Waals surface area (Å²) in [6, 6.07) is 16.1. The second kappa shape index (κ2) is 15.0. The van der Waals surface area contributed by atoms with Gasteiger partial charge in [0.05, 0.1) is 18.3 Å². The van der Waals surface area contributed by atoms with E-state index in [-0.39, 0.29) is 29.4 Å². The van der Waals surface area contributed by atoms with Crippen molar-refractivity contribution in [1.29, 1.82) is 0 Å². The Hall–Kier alpha value is -3.87. The summed E-state index contributed by atoms with van der Waals surface area (Å²) in [5.74, 6) is -1.20. The number of nitro benzene ring substituents is 1. The maximum absolute atomic E-state index is 14.2. The summed E-state index contributed by atoms with van der Waals surface area (Å²) >= 11 is 12.5. The zero-order valence-corrected chi connectivity index (χ0v) is 26.2. The Morgan fingerprint density at radius 3 is 2.35 bits per heavy atom. The molecule has 0 saturated heterocycles. The molecule has 0 aromatic heterocycles. The molecule has 3 aromatic carbocycles. The van der Waals surface area contributed by atoms with E-state index in [0.717, 1.165) is 28.3 Å². The van der Waals surface area contributed by atoms with Crippen LogP contribution in [-0.4, -0.2) is 62.6 Å². The van der Waals surface area contributed by atoms with Gasteiger partial charge in [-0.05, 0) is 35.7 Å². The Balaban J connectivity index is 2.14. The van der Waals surface area contributed by atoms with E-state index in [0.29, 0.717) is 23.6 Å². The molecular weight excluding hydrogens is 619 g/mol. The van der Waals surface area contributed by atoms with Crippen molar-refractivity contribution in [2.45, 2.75) is 32.4 Å². The molecule has 14 heteroatoms. The van der Waals surface area contributed by atoms with Gasteiger partial charge >= 0.3 is 0 Å². The number of ether oxygens (including phenoxy) is 1. The number of hydrogen-bond donors (Lipinski definition) is 1. The number of nitrogens with one attached hydrogen (secondary N) is 1. The molecular formula is C29H32Cl2N4O7S. The van der Waals surface area contributed by atoms with Crippen molar-refractivity contribution >= 4 is 56.4 Å². The first-order chi connectivity index (χ1) is 20.3. The Morgan fingerprint density at radius 2 is 1.77 bits per heavy atom. The highest BCUT2D eigenvalue weighted by molar-refractivity contribution is 7.92. The fourth-order valence-corrected chi connectivity index (χ4v) is 5.65. The number of carbonyl (C=O) groups excluding carboxylic acids is 2. The average molecular weight is 652 g/mol. The van der Waals surface area contributed by atoms with Gasteiger partial charge in [-0.1, -0.05) is 66.5 Å². The minimum Gasteiger partial charge on any atom is -0.495 e. The molecule has 0 radical (unpaired) electrons. The SMILES string of the molecule is CCCNC(=O)[C@H](Cc1ccccc1)N(Cc1ccc(Cl)cc1Cl)C(=O)CN(c1cc([N+](=O)[O-])ccc1OC)S(C)(=O)=O. The third kappa shape index (κ3) is 9.06. The lowest BCUT2D eigenvalue weighted by atomic mass is 10.0. The minimum absolute atomic E-state index is 0.00218. The van der Waals surface area contributed by atoms with Gasteiger partial charge in [0.2, 0.25) is 21.8 Å². The largest absolute Gasteiger partial charge is 0.495 e. The van der Waals surface area contributed by atoms with Crippen LogP contribution in [0.15, 0.2) is 66.7 Å². The van der Waals surface area contributed by atoms with Crippen molar-refractivity contribution in [1.82, 2.24) is 10.2 Å². The summed E-state index contributed by atoms with van der Waals surface area (Å²) in [5, 5.41) is 14.9. The number of nitrogens with zero attached hydrogens (tertiary/aromatic N) is 3. The van der Waals surface area contributed by atoms with Crippen LogP contribution in [0.1, 0.15) is 24.5 Å². The molecule has 0 unspecified atom stereocenters. The lowest BCUT2D eigenvalue weighted by molar-refractivity contribution is -0.384. The highest BCUT2D eigenvalue weighted by atomic mass is 35.5. The van der Waals surface area contributed by atoms with Crippen molar-refractivity contribution in [3.63, 3.8) is 0 Å². The van der Waals surface area contributed by atoms with Crippen molar-refractivity contribution in [2.24, 2.45) is 0 Å². The van der Waals surface area contributed by atoms with E-state index < -0.39 is 45.0 Å². The van der Waals surface area contributed by atoms with Gasteiger partial charge in [0, 0.05) is 41.7 Å². The number of halogens is 2. The number of non-ortho nitro benzene ring substituents is 1. The zero-order valence-electron chi connectivity index (χ0n) is 23.8. The van der Waals surface area contributed by atoms with E-state index in [1.54, 1.807) is 24.3 Å². The summed E-state index contributed by atoms with van der Waals surface area (Å²) in [7, 11) is -2.91. The van der Waals surface area contributed by atoms with Crippen LogP contribution in [0, 0.1) is 10.1 Å². The second-order valence-corrected chi connectivity index (χ2v) is 12.4. The first kappa shape index (κ1) is 33.6. The van der Waals surface area contributed by atoms with Crippen LogP contribution in [-0.2, 0) is 32.6 Å². The number of methoxy groups -OCH3 is 1. The van der Waals surface area contributed by atoms with Crippen molar-refractivity contribution in [3.8, 4) is 5.75 Å². The van der Waals surface area contributed by atoms with E-state index >= 15 is 0 Å². The summed E-state index contributed by atoms with van der Waals surface area (Å²) in [4.78, 5) is 39.8. The van der Waals surface area contributed by atoms with Crippen molar-refractivity contribution in [3.05, 3.63) is 98.0 Å². The molecule has 0 aliphatic heterocycles. The maximum Gasteiger partial charge on any atom is 0.271 e. The van der Waals surface area contributed by atoms with Gasteiger partial charge in [0.1, 0.15) is 24.0 Å². The fourth-order valence-electron chi connectivity index (χ4n) is 4.34. The fraction of sp³-hybridized carbons (Fsp3) is 0.310. The maximum atomic E-state index is 14.2. The smallest absolute Gasteiger partial charge is 0.271 e. The van der Waals surface area contributed by atoms with Crippen LogP contribution < -0.4 is 14.4 Å². The predicted molar refractivity (Wildman–Crippen MR) is 166 cm³/mol. The second-order valence-electron chi connectivity index (χ2n) is 9.64. The van der Waals surface area contributed by atoms with Crippen molar-refractivity contribution < 1.29 is 27.7 Å². The van der Waals surface area contributed by atoms with E-state index in [2.05, 4.69) is 5.32 Å². The van der Waals surface area contributed by atoms with E-state index in [4.69, 9.17) is 27.9 Å². The van der Waals surface area contributed by atoms with Crippen LogP contribution in [0.2, 0.25) is 10.0 Å². The lowest BCUT2D eigenvalue weighted by Gasteiger charge is -2.34. The highest BCUT2D eigenvalue weighted by Gasteiger charge is 2.34. The number of hydrogen-bond acceptors (Lipinski definition) is 7. The molecule has 3 aromatic rings. The Labute approximate surface area is 260 Å². The molecule has 0 fully saturated rings. The van der Waals surface area contributed by atoms with E-state index in [9.17, 15) is 28.1 Å². The van der Waals surface area contributed by atoms with Crippen molar-refractivity contribution in [2.75, 3.05) is 30.8 Å². The number of carbonyl (C=O) groups is 2. The summed E-state index contributed by atoms with van der Waals surface area (Å²) < 4.78 is 32.1. The molecule has 43 heavy (non-hydrogen) atoms. The first-order valence-corrected chi connectivity index (χ1v) is 15.8. The Bertz CT molecular complexity index is 1570. The number of rotatable bonds is 14. The third-order valence-electron chi connectivity index (χ3n) is 6.50. The van der Waals surface area contributed by atoms with Gasteiger partial charge in [0.15, 0.2) is 0 Å². The van der Waals surface area contributed by atoms with Crippen LogP contribution in [0.25, 0.3) is 0 Å². The molecule has 0 spiro atoms. The van der Waals surface area contributed by atoms with Crippen LogP contribution in [0.4, 0.5) is 11.4 Å². The third-order valence-corrected chi connectivity index (χ3v) is 8.21. The molecule has 2 amide bonds. The number of benzene rings is 3. The van der Waals surface area contributed by atoms with Gasteiger partial charge in [0.25, 0.3) is 5.69 Å². The summed E-state index contributed by atoms with van der Waals surface area (Å²) in [5.41, 5.74) is 0.633. The number of anilines is 1. The molecule has 3 rings (SSSR count). The minimum atomic E-state index is -4.19. The lowest BCUT2D eigenvalue weighted by Crippen LogP contribution is -2.53. The molecule has 230 valence electrons. The quantitative estimate of drug-likeness (QED) is 0.194. The van der Waals surface area contributed by atoms with Gasteiger partial charge < -0.3 is 15.0 Å². The molecule has 0 bridgehead atoms. The molecule has 0 saturated carbocycles. The van der Waals surface area contributed by atoms with Gasteiger partial charge in [-0.2, -0.15) is 0 Å². The first-order valence-electron chi connectivity index (χ1n) is 13.2. The molecule has 11 nitrogen and oxygen atoms in total. The Kier molecular flexibility index (Phi) is 11.8.